The fourth-order valence-corrected chi connectivity index (χ4v) is 1.72. The largest absolute Gasteiger partial charge is 0.378 e. The number of nitro benzene ring substituents is 1. The molecule has 0 aliphatic carbocycles. The number of anilines is 1. The van der Waals surface area contributed by atoms with Gasteiger partial charge in [-0.15, -0.1) is 0 Å². The quantitative estimate of drug-likeness (QED) is 0.405. The highest BCUT2D eigenvalue weighted by atomic mass is 19.2. The molecule has 0 radical (unpaired) electrons. The van der Waals surface area contributed by atoms with Gasteiger partial charge in [0.1, 0.15) is 11.6 Å². The van der Waals surface area contributed by atoms with Crippen LogP contribution in [0, 0.1) is 33.4 Å². The highest BCUT2D eigenvalue weighted by molar-refractivity contribution is 5.48. The predicted molar refractivity (Wildman–Crippen MR) is 66.7 cm³/mol. The number of nitro groups is 1. The summed E-state index contributed by atoms with van der Waals surface area (Å²) in [5, 5.41) is 13.1. The Labute approximate surface area is 116 Å². The maximum absolute atomic E-state index is 13.4. The zero-order valence-corrected chi connectivity index (χ0v) is 10.4. The molecule has 21 heavy (non-hydrogen) atoms. The van der Waals surface area contributed by atoms with Crippen molar-refractivity contribution in [1.82, 2.24) is 0 Å². The first-order valence-corrected chi connectivity index (χ1v) is 5.69. The second-order valence-corrected chi connectivity index (χ2v) is 4.13. The van der Waals surface area contributed by atoms with Crippen LogP contribution in [0.1, 0.15) is 5.56 Å². The third-order valence-electron chi connectivity index (χ3n) is 2.72. The first-order chi connectivity index (χ1) is 9.88. The second kappa shape index (κ2) is 5.78. The summed E-state index contributed by atoms with van der Waals surface area (Å²) in [5.41, 5.74) is -0.802. The van der Waals surface area contributed by atoms with Crippen molar-refractivity contribution in [1.29, 1.82) is 0 Å². The SMILES string of the molecule is O=[N+]([O-])c1ccc(F)cc1CNc1cc(F)c(F)cc1F. The van der Waals surface area contributed by atoms with Crippen LogP contribution in [0.15, 0.2) is 30.3 Å². The Kier molecular flexibility index (Phi) is 4.06. The van der Waals surface area contributed by atoms with E-state index in [2.05, 4.69) is 5.32 Å². The molecular weight excluding hydrogens is 292 g/mol. The zero-order valence-electron chi connectivity index (χ0n) is 10.4. The molecule has 2 aromatic rings. The number of hydrogen-bond donors (Lipinski definition) is 1. The van der Waals surface area contributed by atoms with Crippen molar-refractivity contribution >= 4 is 11.4 Å². The van der Waals surface area contributed by atoms with Crippen LogP contribution in [0.3, 0.4) is 0 Å². The molecule has 0 saturated carbocycles. The highest BCUT2D eigenvalue weighted by Gasteiger charge is 2.15. The van der Waals surface area contributed by atoms with Gasteiger partial charge in [0.25, 0.3) is 5.69 Å². The van der Waals surface area contributed by atoms with Crippen LogP contribution in [-0.2, 0) is 6.54 Å². The third-order valence-corrected chi connectivity index (χ3v) is 2.72. The van der Waals surface area contributed by atoms with Gasteiger partial charge >= 0.3 is 0 Å². The van der Waals surface area contributed by atoms with Crippen molar-refractivity contribution in [3.63, 3.8) is 0 Å². The molecule has 0 fully saturated rings. The summed E-state index contributed by atoms with van der Waals surface area (Å²) in [4.78, 5) is 10.1. The van der Waals surface area contributed by atoms with Gasteiger partial charge in [0, 0.05) is 24.7 Å². The maximum atomic E-state index is 13.4. The van der Waals surface area contributed by atoms with Crippen molar-refractivity contribution in [2.45, 2.75) is 6.54 Å². The van der Waals surface area contributed by atoms with E-state index in [1.165, 1.54) is 0 Å². The van der Waals surface area contributed by atoms with Gasteiger partial charge in [-0.2, -0.15) is 0 Å². The molecule has 2 rings (SSSR count). The number of nitrogens with one attached hydrogen (secondary N) is 1. The second-order valence-electron chi connectivity index (χ2n) is 4.13. The lowest BCUT2D eigenvalue weighted by Gasteiger charge is -2.09. The number of benzene rings is 2. The molecule has 0 spiro atoms. The summed E-state index contributed by atoms with van der Waals surface area (Å²) in [6.07, 6.45) is 0. The molecule has 0 amide bonds. The van der Waals surface area contributed by atoms with Gasteiger partial charge in [0.15, 0.2) is 11.6 Å². The topological polar surface area (TPSA) is 55.2 Å². The fourth-order valence-electron chi connectivity index (χ4n) is 1.72. The minimum atomic E-state index is -1.35. The summed E-state index contributed by atoms with van der Waals surface area (Å²) in [6.45, 7) is -0.323. The van der Waals surface area contributed by atoms with Crippen LogP contribution in [-0.4, -0.2) is 4.92 Å². The molecule has 4 nitrogen and oxygen atoms in total. The van der Waals surface area contributed by atoms with Gasteiger partial charge in [-0.05, 0) is 12.1 Å². The van der Waals surface area contributed by atoms with Gasteiger partial charge in [-0.25, -0.2) is 17.6 Å². The predicted octanol–water partition coefficient (Wildman–Crippen LogP) is 3.76. The van der Waals surface area contributed by atoms with Crippen LogP contribution in [0.5, 0.6) is 0 Å². The molecule has 0 saturated heterocycles. The van der Waals surface area contributed by atoms with Crippen LogP contribution in [0.2, 0.25) is 0 Å². The van der Waals surface area contributed by atoms with Gasteiger partial charge in [0.05, 0.1) is 16.2 Å². The van der Waals surface area contributed by atoms with Gasteiger partial charge in [-0.3, -0.25) is 10.1 Å². The van der Waals surface area contributed by atoms with Crippen LogP contribution >= 0.6 is 0 Å². The molecule has 1 N–H and O–H groups in total. The van der Waals surface area contributed by atoms with E-state index in [-0.39, 0.29) is 23.5 Å². The minimum absolute atomic E-state index is 0.0517. The van der Waals surface area contributed by atoms with E-state index < -0.39 is 28.2 Å². The van der Waals surface area contributed by atoms with Crippen molar-refractivity contribution < 1.29 is 22.5 Å². The Bertz CT molecular complexity index is 707. The Morgan fingerprint density at radius 1 is 1.00 bits per heavy atom. The molecule has 0 aliphatic heterocycles. The van der Waals surface area contributed by atoms with E-state index >= 15 is 0 Å². The first kappa shape index (κ1) is 14.8. The minimum Gasteiger partial charge on any atom is -0.378 e. The Hall–Kier alpha value is -2.64. The molecule has 110 valence electrons. The smallest absolute Gasteiger partial charge is 0.274 e. The van der Waals surface area contributed by atoms with Crippen molar-refractivity contribution in [2.24, 2.45) is 0 Å². The van der Waals surface area contributed by atoms with E-state index in [0.29, 0.717) is 12.1 Å². The van der Waals surface area contributed by atoms with Crippen molar-refractivity contribution in [3.8, 4) is 0 Å². The standard InChI is InChI=1S/C13H8F4N2O2/c14-8-1-2-13(19(20)21)7(3-8)6-18-12-5-10(16)9(15)4-11(12)17/h1-5,18H,6H2. The summed E-state index contributed by atoms with van der Waals surface area (Å²) >= 11 is 0. The molecule has 2 aromatic carbocycles. The molecular formula is C13H8F4N2O2. The lowest BCUT2D eigenvalue weighted by Crippen LogP contribution is -2.06. The number of nitrogens with zero attached hydrogens (tertiary/aromatic N) is 1. The van der Waals surface area contributed by atoms with E-state index in [1.807, 2.05) is 0 Å². The van der Waals surface area contributed by atoms with Crippen molar-refractivity contribution in [2.75, 3.05) is 5.32 Å². The summed E-state index contributed by atoms with van der Waals surface area (Å²) in [5.74, 6) is -4.39. The molecule has 0 aliphatic rings. The van der Waals surface area contributed by atoms with E-state index in [1.54, 1.807) is 0 Å². The molecule has 8 heteroatoms. The summed E-state index contributed by atoms with van der Waals surface area (Å²) in [7, 11) is 0. The van der Waals surface area contributed by atoms with Crippen LogP contribution < -0.4 is 5.32 Å². The van der Waals surface area contributed by atoms with E-state index in [4.69, 9.17) is 0 Å². The molecule has 0 heterocycles. The Morgan fingerprint density at radius 3 is 2.33 bits per heavy atom. The lowest BCUT2D eigenvalue weighted by molar-refractivity contribution is -0.385. The summed E-state index contributed by atoms with van der Waals surface area (Å²) < 4.78 is 52.3. The van der Waals surface area contributed by atoms with Crippen LogP contribution in [0.4, 0.5) is 28.9 Å². The van der Waals surface area contributed by atoms with E-state index in [9.17, 15) is 27.7 Å². The number of hydrogen-bond acceptors (Lipinski definition) is 3. The highest BCUT2D eigenvalue weighted by Crippen LogP contribution is 2.23. The maximum Gasteiger partial charge on any atom is 0.274 e. The Balaban J connectivity index is 2.26. The van der Waals surface area contributed by atoms with Gasteiger partial charge in [0.2, 0.25) is 0 Å². The molecule has 0 atom stereocenters. The number of halogens is 4. The van der Waals surface area contributed by atoms with Crippen LogP contribution in [0.25, 0.3) is 0 Å². The first-order valence-electron chi connectivity index (χ1n) is 5.69. The summed E-state index contributed by atoms with van der Waals surface area (Å²) in [6, 6.07) is 3.71. The van der Waals surface area contributed by atoms with Gasteiger partial charge in [-0.1, -0.05) is 0 Å². The molecule has 0 bridgehead atoms. The fraction of sp³-hybridized carbons (Fsp3) is 0.0769. The number of rotatable bonds is 4. The Morgan fingerprint density at radius 2 is 1.67 bits per heavy atom. The average Bonchev–Trinajstić information content (AvgIpc) is 2.41. The molecule has 0 unspecified atom stereocenters. The normalized spacial score (nSPS) is 10.5. The van der Waals surface area contributed by atoms with Gasteiger partial charge < -0.3 is 5.32 Å². The average molecular weight is 300 g/mol. The lowest BCUT2D eigenvalue weighted by atomic mass is 10.1. The van der Waals surface area contributed by atoms with Crippen molar-refractivity contribution in [3.05, 3.63) is 69.3 Å². The zero-order chi connectivity index (χ0) is 15.6. The third kappa shape index (κ3) is 3.28. The monoisotopic (exact) mass is 300 g/mol. The molecule has 0 aromatic heterocycles. The van der Waals surface area contributed by atoms with E-state index in [0.717, 1.165) is 18.2 Å².